The van der Waals surface area contributed by atoms with E-state index in [0.717, 1.165) is 12.1 Å². The maximum absolute atomic E-state index is 13.4. The topological polar surface area (TPSA) is 32.3 Å². The molecule has 1 saturated carbocycles. The van der Waals surface area contributed by atoms with Crippen molar-refractivity contribution in [3.05, 3.63) is 29.6 Å². The number of nitrogens with one attached hydrogen (secondary N) is 1. The Bertz CT molecular complexity index is 497. The van der Waals surface area contributed by atoms with Gasteiger partial charge in [-0.1, -0.05) is 0 Å². The smallest absolute Gasteiger partial charge is 0.162 e. The van der Waals surface area contributed by atoms with E-state index in [-0.39, 0.29) is 11.3 Å². The summed E-state index contributed by atoms with van der Waals surface area (Å²) in [6, 6.07) is 5.77. The highest BCUT2D eigenvalue weighted by molar-refractivity contribution is 5.95. The number of benzene rings is 1. The predicted octanol–water partition coefficient (Wildman–Crippen LogP) is 2.68. The Morgan fingerprint density at radius 2 is 2.11 bits per heavy atom. The molecule has 2 fully saturated rings. The van der Waals surface area contributed by atoms with Crippen molar-refractivity contribution in [3.63, 3.8) is 0 Å². The van der Waals surface area contributed by atoms with Crippen molar-refractivity contribution in [2.75, 3.05) is 18.4 Å². The van der Waals surface area contributed by atoms with Crippen molar-refractivity contribution in [2.24, 2.45) is 0 Å². The summed E-state index contributed by atoms with van der Waals surface area (Å²) in [5.41, 5.74) is 1.02. The minimum absolute atomic E-state index is 0.170. The number of carbonyl (C=O) groups excluding carboxylic acids is 1. The largest absolute Gasteiger partial charge is 0.381 e. The zero-order valence-corrected chi connectivity index (χ0v) is 11.2. The fourth-order valence-corrected chi connectivity index (χ4v) is 2.91. The van der Waals surface area contributed by atoms with Gasteiger partial charge in [0, 0.05) is 17.8 Å². The Morgan fingerprint density at radius 3 is 2.79 bits per heavy atom. The van der Waals surface area contributed by atoms with Crippen LogP contribution in [0, 0.1) is 5.82 Å². The highest BCUT2D eigenvalue weighted by atomic mass is 19.1. The van der Waals surface area contributed by atoms with Gasteiger partial charge in [0.2, 0.25) is 0 Å². The van der Waals surface area contributed by atoms with Gasteiger partial charge in [0.1, 0.15) is 5.82 Å². The van der Waals surface area contributed by atoms with Crippen LogP contribution in [0.4, 0.5) is 10.1 Å². The van der Waals surface area contributed by atoms with Crippen molar-refractivity contribution in [3.8, 4) is 0 Å². The summed E-state index contributed by atoms with van der Waals surface area (Å²) >= 11 is 0. The van der Waals surface area contributed by atoms with E-state index in [0.29, 0.717) is 12.1 Å². The first-order valence-corrected chi connectivity index (χ1v) is 6.96. The molecular formula is C15H19FN2O. The summed E-state index contributed by atoms with van der Waals surface area (Å²) in [4.78, 5) is 13.8. The van der Waals surface area contributed by atoms with Crippen molar-refractivity contribution < 1.29 is 9.18 Å². The average molecular weight is 262 g/mol. The molecule has 1 saturated heterocycles. The van der Waals surface area contributed by atoms with Crippen LogP contribution >= 0.6 is 0 Å². The second-order valence-corrected chi connectivity index (χ2v) is 5.55. The van der Waals surface area contributed by atoms with Crippen LogP contribution < -0.4 is 5.32 Å². The first kappa shape index (κ1) is 12.6. The van der Waals surface area contributed by atoms with Gasteiger partial charge >= 0.3 is 0 Å². The molecule has 4 heteroatoms. The molecule has 1 N–H and O–H groups in total. The first-order valence-electron chi connectivity index (χ1n) is 6.96. The van der Waals surface area contributed by atoms with E-state index in [1.165, 1.54) is 38.9 Å². The van der Waals surface area contributed by atoms with Gasteiger partial charge in [-0.05, 0) is 57.5 Å². The molecule has 3 nitrogen and oxygen atoms in total. The molecule has 0 aromatic heterocycles. The lowest BCUT2D eigenvalue weighted by Crippen LogP contribution is -2.26. The van der Waals surface area contributed by atoms with E-state index in [4.69, 9.17) is 0 Å². The number of anilines is 1. The monoisotopic (exact) mass is 262 g/mol. The van der Waals surface area contributed by atoms with Crippen molar-refractivity contribution in [2.45, 2.75) is 38.3 Å². The predicted molar refractivity (Wildman–Crippen MR) is 73.0 cm³/mol. The summed E-state index contributed by atoms with van der Waals surface area (Å²) in [5.74, 6) is -0.669. The van der Waals surface area contributed by atoms with Gasteiger partial charge in [-0.3, -0.25) is 9.69 Å². The van der Waals surface area contributed by atoms with E-state index in [2.05, 4.69) is 10.2 Å². The molecule has 2 atom stereocenters. The number of likely N-dealkylation sites (tertiary alicyclic amines) is 1. The van der Waals surface area contributed by atoms with Crippen LogP contribution in [0.2, 0.25) is 0 Å². The molecule has 0 amide bonds. The molecule has 2 unspecified atom stereocenters. The first-order chi connectivity index (χ1) is 9.15. The van der Waals surface area contributed by atoms with Crippen molar-refractivity contribution >= 4 is 11.5 Å². The molecule has 1 aliphatic heterocycles. The molecule has 1 heterocycles. The standard InChI is InChI=1S/C15H19FN2O/c1-10(19)12-8-11(4-5-13(12)16)17-14-9-15(14)18-6-2-3-7-18/h4-5,8,14-15,17H,2-3,6-7,9H2,1H3. The van der Waals surface area contributed by atoms with Crippen LogP contribution in [0.5, 0.6) is 0 Å². The lowest BCUT2D eigenvalue weighted by atomic mass is 10.1. The lowest BCUT2D eigenvalue weighted by molar-refractivity contribution is 0.101. The summed E-state index contributed by atoms with van der Waals surface area (Å²) in [7, 11) is 0. The fourth-order valence-electron chi connectivity index (χ4n) is 2.91. The Kier molecular flexibility index (Phi) is 3.27. The van der Waals surface area contributed by atoms with Gasteiger partial charge in [-0.25, -0.2) is 4.39 Å². The van der Waals surface area contributed by atoms with Gasteiger partial charge in [0.25, 0.3) is 0 Å². The maximum Gasteiger partial charge on any atom is 0.162 e. The van der Waals surface area contributed by atoms with Crippen LogP contribution in [0.1, 0.15) is 36.5 Å². The summed E-state index contributed by atoms with van der Waals surface area (Å²) in [6.07, 6.45) is 3.75. The Hall–Kier alpha value is -1.42. The molecule has 1 aliphatic carbocycles. The quantitative estimate of drug-likeness (QED) is 0.847. The normalized spacial score (nSPS) is 26.4. The number of hydrogen-bond donors (Lipinski definition) is 1. The zero-order chi connectivity index (χ0) is 13.4. The van der Waals surface area contributed by atoms with Crippen LogP contribution in [0.25, 0.3) is 0 Å². The van der Waals surface area contributed by atoms with Gasteiger partial charge < -0.3 is 5.32 Å². The van der Waals surface area contributed by atoms with E-state index in [1.807, 2.05) is 0 Å². The SMILES string of the molecule is CC(=O)c1cc(NC2CC2N2CCCC2)ccc1F. The Labute approximate surface area is 112 Å². The maximum atomic E-state index is 13.4. The van der Waals surface area contributed by atoms with E-state index in [9.17, 15) is 9.18 Å². The van der Waals surface area contributed by atoms with E-state index >= 15 is 0 Å². The molecule has 3 rings (SSSR count). The number of rotatable bonds is 4. The van der Waals surface area contributed by atoms with Gasteiger partial charge in [-0.15, -0.1) is 0 Å². The highest BCUT2D eigenvalue weighted by Gasteiger charge is 2.42. The Balaban J connectivity index is 1.65. The number of carbonyl (C=O) groups is 1. The van der Waals surface area contributed by atoms with E-state index < -0.39 is 5.82 Å². The summed E-state index contributed by atoms with van der Waals surface area (Å²) in [6.45, 7) is 3.79. The molecule has 1 aromatic carbocycles. The third-order valence-corrected chi connectivity index (χ3v) is 4.06. The van der Waals surface area contributed by atoms with Crippen molar-refractivity contribution in [1.29, 1.82) is 0 Å². The minimum atomic E-state index is -0.440. The number of halogens is 1. The second-order valence-electron chi connectivity index (χ2n) is 5.55. The molecule has 0 bridgehead atoms. The third-order valence-electron chi connectivity index (χ3n) is 4.06. The molecular weight excluding hydrogens is 243 g/mol. The number of ketones is 1. The van der Waals surface area contributed by atoms with Crippen LogP contribution in [-0.2, 0) is 0 Å². The van der Waals surface area contributed by atoms with Crippen LogP contribution in [0.15, 0.2) is 18.2 Å². The Morgan fingerprint density at radius 1 is 1.37 bits per heavy atom. The van der Waals surface area contributed by atoms with Crippen molar-refractivity contribution in [1.82, 2.24) is 4.90 Å². The van der Waals surface area contributed by atoms with Crippen LogP contribution in [-0.4, -0.2) is 35.9 Å². The lowest BCUT2D eigenvalue weighted by Gasteiger charge is -2.15. The average Bonchev–Trinajstić information content (AvgIpc) is 2.92. The molecule has 102 valence electrons. The van der Waals surface area contributed by atoms with Gasteiger partial charge in [-0.2, -0.15) is 0 Å². The summed E-state index contributed by atoms with van der Waals surface area (Å²) < 4.78 is 13.4. The third kappa shape index (κ3) is 2.63. The molecule has 2 aliphatic rings. The fraction of sp³-hybridized carbons (Fsp3) is 0.533. The van der Waals surface area contributed by atoms with E-state index in [1.54, 1.807) is 12.1 Å². The van der Waals surface area contributed by atoms with Gasteiger partial charge in [0.05, 0.1) is 5.56 Å². The van der Waals surface area contributed by atoms with Gasteiger partial charge in [0.15, 0.2) is 5.78 Å². The second kappa shape index (κ2) is 4.93. The highest BCUT2D eigenvalue weighted by Crippen LogP contribution is 2.33. The number of hydrogen-bond acceptors (Lipinski definition) is 3. The molecule has 0 spiro atoms. The number of Topliss-reactive ketones (excluding diaryl/α,β-unsaturated/α-hetero) is 1. The molecule has 0 radical (unpaired) electrons. The summed E-state index contributed by atoms with van der Waals surface area (Å²) in [5, 5.41) is 3.40. The molecule has 1 aromatic rings. The zero-order valence-electron chi connectivity index (χ0n) is 11.2. The minimum Gasteiger partial charge on any atom is -0.381 e. The number of nitrogens with zero attached hydrogens (tertiary/aromatic N) is 1. The van der Waals surface area contributed by atoms with Crippen LogP contribution in [0.3, 0.4) is 0 Å². The molecule has 19 heavy (non-hydrogen) atoms.